The molecule has 15 nitrogen and oxygen atoms in total. The van der Waals surface area contributed by atoms with Gasteiger partial charge in [0.15, 0.2) is 21.9 Å². The monoisotopic (exact) mass is 664 g/mol. The Hall–Kier alpha value is -2.91. The molecule has 0 unspecified atom stereocenters. The van der Waals surface area contributed by atoms with E-state index in [1.807, 2.05) is 0 Å². The standard InChI is InChI=1S/C19H21ClN10O5S5/c20-11-7(28-19(24)39-11)8(29-35)12(31)27-9-13(32)30-10(15(33)34)6(4-37-14(9)30)38-16-5(26-18(23)40-16)3-36-2-1-25-17(21)22/h9,14,35H,1-4H2,(H2,23,26)(H2,24,28)(H,27,31)(H,33,34)(H4,21,22,25)/b29-8-/t9-,14+/m1/s1. The van der Waals surface area contributed by atoms with Gasteiger partial charge in [-0.25, -0.2) is 14.8 Å². The number of β-lactam (4-membered cyclic amide) rings is 1. The topological polar surface area (TPSA) is 259 Å². The highest BCUT2D eigenvalue weighted by Crippen LogP contribution is 2.47. The first-order valence-corrected chi connectivity index (χ1v) is 16.0. The summed E-state index contributed by atoms with van der Waals surface area (Å²) in [6.07, 6.45) is 0. The van der Waals surface area contributed by atoms with Crippen molar-refractivity contribution in [3.05, 3.63) is 26.3 Å². The highest BCUT2D eigenvalue weighted by Gasteiger charge is 2.54. The number of amides is 2. The third kappa shape index (κ3) is 6.36. The number of nitrogens with zero attached hydrogens (tertiary/aromatic N) is 4. The molecule has 21 heteroatoms. The zero-order chi connectivity index (χ0) is 29.1. The number of rotatable bonds is 11. The van der Waals surface area contributed by atoms with Crippen molar-refractivity contribution in [3.8, 4) is 0 Å². The average Bonchev–Trinajstić information content (AvgIpc) is 3.41. The molecule has 2 amide bonds. The lowest BCUT2D eigenvalue weighted by Crippen LogP contribution is -2.71. The van der Waals surface area contributed by atoms with E-state index in [2.05, 4.69) is 25.8 Å². The maximum atomic E-state index is 13.1. The van der Waals surface area contributed by atoms with Crippen LogP contribution in [0.5, 0.6) is 0 Å². The fourth-order valence-electron chi connectivity index (χ4n) is 3.61. The fourth-order valence-corrected chi connectivity index (χ4v) is 9.19. The Kier molecular flexibility index (Phi) is 9.56. The number of carboxylic acids is 1. The van der Waals surface area contributed by atoms with Gasteiger partial charge < -0.3 is 38.1 Å². The van der Waals surface area contributed by atoms with Crippen molar-refractivity contribution in [1.82, 2.24) is 25.5 Å². The number of carbonyl (C=O) groups is 3. The summed E-state index contributed by atoms with van der Waals surface area (Å²) in [5.41, 5.74) is 16.6. The van der Waals surface area contributed by atoms with Crippen molar-refractivity contribution in [2.45, 2.75) is 21.4 Å². The van der Waals surface area contributed by atoms with E-state index in [4.69, 9.17) is 34.2 Å². The summed E-state index contributed by atoms with van der Waals surface area (Å²) in [5.74, 6) is -1.57. The summed E-state index contributed by atoms with van der Waals surface area (Å²) in [5, 5.41) is 34.4. The lowest BCUT2D eigenvalue weighted by molar-refractivity contribution is -0.150. The second kappa shape index (κ2) is 12.7. The first-order chi connectivity index (χ1) is 19.0. The summed E-state index contributed by atoms with van der Waals surface area (Å²) in [7, 11) is 0. The zero-order valence-electron chi connectivity index (χ0n) is 20.0. The number of nitrogen functional groups attached to an aromatic ring is 2. The molecule has 0 bridgehead atoms. The fraction of sp³-hybridized carbons (Fsp3) is 0.316. The SMILES string of the molecule is N=C(N)NCCSCc1nc(N)sc1SC1=C(C(=O)O)N2C(=O)[C@@H](NC(=O)/C(=N\O)c3nc(N)sc3Cl)[C@@H]2SC1. The van der Waals surface area contributed by atoms with Crippen LogP contribution in [0.15, 0.2) is 20.0 Å². The Morgan fingerprint density at radius 2 is 2.00 bits per heavy atom. The van der Waals surface area contributed by atoms with E-state index in [0.717, 1.165) is 16.2 Å². The van der Waals surface area contributed by atoms with E-state index in [-0.39, 0.29) is 32.6 Å². The van der Waals surface area contributed by atoms with Gasteiger partial charge in [-0.1, -0.05) is 51.2 Å². The Balaban J connectivity index is 1.47. The van der Waals surface area contributed by atoms with E-state index in [9.17, 15) is 24.7 Å². The second-order valence-electron chi connectivity index (χ2n) is 7.84. The van der Waals surface area contributed by atoms with Crippen LogP contribution >= 0.6 is 69.6 Å². The predicted molar refractivity (Wildman–Crippen MR) is 158 cm³/mol. The summed E-state index contributed by atoms with van der Waals surface area (Å²) >= 11 is 12.1. The Labute approximate surface area is 251 Å². The number of aliphatic carboxylic acids is 1. The number of nitrogens with two attached hydrogens (primary N) is 3. The maximum Gasteiger partial charge on any atom is 0.353 e. The van der Waals surface area contributed by atoms with Crippen LogP contribution < -0.4 is 27.8 Å². The van der Waals surface area contributed by atoms with Gasteiger partial charge in [0.05, 0.1) is 9.90 Å². The largest absolute Gasteiger partial charge is 0.477 e. The summed E-state index contributed by atoms with van der Waals surface area (Å²) in [4.78, 5) is 47.9. The minimum absolute atomic E-state index is 0.0287. The number of nitrogens with one attached hydrogen (secondary N) is 3. The zero-order valence-corrected chi connectivity index (χ0v) is 24.9. The molecule has 2 aromatic rings. The highest BCUT2D eigenvalue weighted by atomic mass is 35.5. The third-order valence-corrected chi connectivity index (χ3v) is 11.0. The molecule has 2 aliphatic rings. The maximum absolute atomic E-state index is 13.1. The van der Waals surface area contributed by atoms with Crippen molar-refractivity contribution in [2.24, 2.45) is 10.9 Å². The van der Waals surface area contributed by atoms with Crippen LogP contribution in [0.25, 0.3) is 0 Å². The van der Waals surface area contributed by atoms with E-state index < -0.39 is 34.9 Å². The molecule has 1 saturated heterocycles. The Morgan fingerprint density at radius 3 is 2.62 bits per heavy atom. The first kappa shape index (κ1) is 30.1. The third-order valence-electron chi connectivity index (χ3n) is 5.26. The number of hydrogen-bond acceptors (Lipinski definition) is 15. The number of guanidine groups is 1. The number of halogens is 1. The summed E-state index contributed by atoms with van der Waals surface area (Å²) in [6.45, 7) is 0.500. The number of thiazole rings is 2. The molecule has 0 saturated carbocycles. The molecule has 1 fully saturated rings. The van der Waals surface area contributed by atoms with Gasteiger partial charge in [0, 0.05) is 28.7 Å². The minimum Gasteiger partial charge on any atom is -0.477 e. The molecular formula is C19H21ClN10O5S5. The van der Waals surface area contributed by atoms with Gasteiger partial charge in [0.1, 0.15) is 27.1 Å². The lowest BCUT2D eigenvalue weighted by Gasteiger charge is -2.49. The molecule has 11 N–H and O–H groups in total. The minimum atomic E-state index is -1.29. The van der Waals surface area contributed by atoms with Crippen LogP contribution in [-0.2, 0) is 20.1 Å². The van der Waals surface area contributed by atoms with Gasteiger partial charge in [0.25, 0.3) is 11.8 Å². The number of carbonyl (C=O) groups excluding carboxylic acids is 2. The molecule has 0 spiro atoms. The quantitative estimate of drug-likeness (QED) is 0.0413. The number of carboxylic acid groups (broad SMARTS) is 1. The van der Waals surface area contributed by atoms with Gasteiger partial charge in [-0.2, -0.15) is 11.8 Å². The van der Waals surface area contributed by atoms with Gasteiger partial charge in [-0.05, 0) is 0 Å². The van der Waals surface area contributed by atoms with Crippen molar-refractivity contribution in [2.75, 3.05) is 29.5 Å². The number of oxime groups is 1. The van der Waals surface area contributed by atoms with Crippen LogP contribution in [-0.4, -0.2) is 84.1 Å². The average molecular weight is 665 g/mol. The van der Waals surface area contributed by atoms with Crippen LogP contribution in [0, 0.1) is 5.41 Å². The van der Waals surface area contributed by atoms with Gasteiger partial charge in [-0.3, -0.25) is 19.9 Å². The van der Waals surface area contributed by atoms with E-state index in [1.165, 1.54) is 46.6 Å². The normalized spacial score (nSPS) is 18.8. The summed E-state index contributed by atoms with van der Waals surface area (Å²) in [6, 6.07) is -1.07. The van der Waals surface area contributed by atoms with Gasteiger partial charge >= 0.3 is 5.97 Å². The lowest BCUT2D eigenvalue weighted by atomic mass is 10.0. The van der Waals surface area contributed by atoms with E-state index >= 15 is 0 Å². The first-order valence-electron chi connectivity index (χ1n) is 11.0. The molecule has 0 radical (unpaired) electrons. The molecule has 214 valence electrons. The van der Waals surface area contributed by atoms with Crippen molar-refractivity contribution in [3.63, 3.8) is 0 Å². The van der Waals surface area contributed by atoms with Crippen LogP contribution in [0.4, 0.5) is 10.3 Å². The van der Waals surface area contributed by atoms with Crippen molar-refractivity contribution >= 4 is 109 Å². The van der Waals surface area contributed by atoms with Gasteiger partial charge in [-0.15, -0.1) is 11.8 Å². The summed E-state index contributed by atoms with van der Waals surface area (Å²) < 4.78 is 0.736. The smallest absolute Gasteiger partial charge is 0.353 e. The molecule has 0 aliphatic carbocycles. The van der Waals surface area contributed by atoms with Crippen molar-refractivity contribution in [1.29, 1.82) is 5.41 Å². The molecule has 40 heavy (non-hydrogen) atoms. The molecule has 2 aliphatic heterocycles. The molecule has 4 rings (SSSR count). The predicted octanol–water partition coefficient (Wildman–Crippen LogP) is 0.800. The molecule has 0 aromatic carbocycles. The number of thioether (sulfide) groups is 3. The molecule has 4 heterocycles. The Morgan fingerprint density at radius 1 is 1.27 bits per heavy atom. The molecular weight excluding hydrogens is 644 g/mol. The van der Waals surface area contributed by atoms with Gasteiger partial charge in [0.2, 0.25) is 0 Å². The van der Waals surface area contributed by atoms with Crippen LogP contribution in [0.2, 0.25) is 4.34 Å². The highest BCUT2D eigenvalue weighted by molar-refractivity contribution is 8.07. The van der Waals surface area contributed by atoms with Crippen LogP contribution in [0.3, 0.4) is 0 Å². The number of hydrogen-bond donors (Lipinski definition) is 8. The van der Waals surface area contributed by atoms with Crippen LogP contribution in [0.1, 0.15) is 11.4 Å². The molecule has 2 aromatic heterocycles. The second-order valence-corrected chi connectivity index (χ2v) is 14.1. The Bertz CT molecular complexity index is 1430. The number of aromatic nitrogens is 2. The number of anilines is 2. The van der Waals surface area contributed by atoms with E-state index in [0.29, 0.717) is 38.0 Å². The molecule has 2 atom stereocenters. The van der Waals surface area contributed by atoms with Crippen molar-refractivity contribution < 1.29 is 24.7 Å². The number of fused-ring (bicyclic) bond motifs is 1. The van der Waals surface area contributed by atoms with E-state index in [1.54, 1.807) is 0 Å².